The molecule has 5 nitrogen and oxygen atoms in total. The van der Waals surface area contributed by atoms with Crippen LogP contribution in [0.4, 0.5) is 0 Å². The zero-order chi connectivity index (χ0) is 10.7. The highest BCUT2D eigenvalue weighted by atomic mass is 16.7. The summed E-state index contributed by atoms with van der Waals surface area (Å²) >= 11 is 0. The van der Waals surface area contributed by atoms with Crippen LogP contribution in [0.2, 0.25) is 0 Å². The maximum absolute atomic E-state index is 11.8. The molecule has 2 N–H and O–H groups in total. The number of ether oxygens (including phenoxy) is 2. The molecule has 1 aromatic carbocycles. The van der Waals surface area contributed by atoms with E-state index in [1.165, 1.54) is 0 Å². The number of nitrogens with zero attached hydrogens (tertiary/aromatic N) is 1. The molecule has 0 radical (unpaired) electrons. The lowest BCUT2D eigenvalue weighted by atomic mass is 10.2. The number of nitrogens with two attached hydrogens (primary N) is 1. The van der Waals surface area contributed by atoms with Crippen molar-refractivity contribution in [2.45, 2.75) is 6.41 Å². The van der Waals surface area contributed by atoms with E-state index in [1.54, 1.807) is 24.3 Å². The van der Waals surface area contributed by atoms with E-state index in [0.717, 1.165) is 5.01 Å². The first-order chi connectivity index (χ1) is 7.29. The molecule has 0 saturated carbocycles. The van der Waals surface area contributed by atoms with Crippen molar-refractivity contribution in [2.24, 2.45) is 5.84 Å². The third-order valence-electron chi connectivity index (χ3n) is 2.09. The molecule has 0 unspecified atom stereocenters. The lowest BCUT2D eigenvalue weighted by Gasteiger charge is -2.21. The normalized spacial score (nSPS) is 16.6. The van der Waals surface area contributed by atoms with E-state index in [1.807, 2.05) is 6.07 Å². The van der Waals surface area contributed by atoms with Crippen LogP contribution in [0.5, 0.6) is 0 Å². The number of hydrogen-bond donors (Lipinski definition) is 1. The average molecular weight is 208 g/mol. The molecule has 0 spiro atoms. The van der Waals surface area contributed by atoms with Gasteiger partial charge in [0, 0.05) is 5.56 Å². The second-order valence-corrected chi connectivity index (χ2v) is 3.13. The van der Waals surface area contributed by atoms with Crippen molar-refractivity contribution >= 4 is 5.91 Å². The fourth-order valence-electron chi connectivity index (χ4n) is 1.33. The quantitative estimate of drug-likeness (QED) is 0.432. The molecule has 1 amide bonds. The minimum Gasteiger partial charge on any atom is -0.332 e. The molecule has 15 heavy (non-hydrogen) atoms. The summed E-state index contributed by atoms with van der Waals surface area (Å²) in [6.45, 7) is 0.918. The summed E-state index contributed by atoms with van der Waals surface area (Å²) in [6.07, 6.45) is -0.766. The molecule has 0 atom stereocenters. The van der Waals surface area contributed by atoms with Crippen LogP contribution >= 0.6 is 0 Å². The molecule has 80 valence electrons. The summed E-state index contributed by atoms with van der Waals surface area (Å²) in [5.41, 5.74) is 0.513. The Bertz CT molecular complexity index is 336. The van der Waals surface area contributed by atoms with E-state index in [2.05, 4.69) is 0 Å². The Balaban J connectivity index is 2.07. The molecule has 2 rings (SSSR count). The summed E-state index contributed by atoms with van der Waals surface area (Å²) < 4.78 is 10.2. The van der Waals surface area contributed by atoms with Gasteiger partial charge in [-0.05, 0) is 12.1 Å². The molecule has 0 aromatic heterocycles. The molecule has 0 bridgehead atoms. The van der Waals surface area contributed by atoms with Gasteiger partial charge in [0.1, 0.15) is 0 Å². The van der Waals surface area contributed by atoms with Gasteiger partial charge < -0.3 is 9.47 Å². The summed E-state index contributed by atoms with van der Waals surface area (Å²) in [4.78, 5) is 11.8. The number of benzene rings is 1. The summed E-state index contributed by atoms with van der Waals surface area (Å²) in [5, 5.41) is 0.961. The Morgan fingerprint density at radius 1 is 1.27 bits per heavy atom. The predicted molar refractivity (Wildman–Crippen MR) is 52.5 cm³/mol. The lowest BCUT2D eigenvalue weighted by molar-refractivity contribution is -0.134. The minimum absolute atomic E-state index is 0.317. The van der Waals surface area contributed by atoms with Crippen molar-refractivity contribution in [3.63, 3.8) is 0 Å². The van der Waals surface area contributed by atoms with Crippen LogP contribution in [-0.2, 0) is 9.47 Å². The SMILES string of the molecule is NN(C(=O)c1ccccc1)C1OCCO1. The summed E-state index contributed by atoms with van der Waals surface area (Å²) in [5.74, 6) is 5.27. The van der Waals surface area contributed by atoms with Crippen molar-refractivity contribution in [1.82, 2.24) is 5.01 Å². The molecule has 1 aliphatic heterocycles. The first kappa shape index (κ1) is 10.1. The Morgan fingerprint density at radius 3 is 2.47 bits per heavy atom. The van der Waals surface area contributed by atoms with E-state index in [4.69, 9.17) is 15.3 Å². The maximum Gasteiger partial charge on any atom is 0.272 e. The van der Waals surface area contributed by atoms with Gasteiger partial charge >= 0.3 is 0 Å². The van der Waals surface area contributed by atoms with E-state index < -0.39 is 6.41 Å². The van der Waals surface area contributed by atoms with E-state index in [-0.39, 0.29) is 5.91 Å². The minimum atomic E-state index is -0.766. The third kappa shape index (κ3) is 2.15. The van der Waals surface area contributed by atoms with Crippen LogP contribution in [0.3, 0.4) is 0 Å². The lowest BCUT2D eigenvalue weighted by Crippen LogP contribution is -2.46. The van der Waals surface area contributed by atoms with Gasteiger partial charge in [-0.15, -0.1) is 0 Å². The van der Waals surface area contributed by atoms with Crippen molar-refractivity contribution < 1.29 is 14.3 Å². The number of rotatable bonds is 2. The molecule has 5 heteroatoms. The summed E-state index contributed by atoms with van der Waals surface area (Å²) in [7, 11) is 0. The monoisotopic (exact) mass is 208 g/mol. The van der Waals surface area contributed by atoms with Gasteiger partial charge in [0.2, 0.25) is 0 Å². The number of hydrogen-bond acceptors (Lipinski definition) is 4. The van der Waals surface area contributed by atoms with Crippen molar-refractivity contribution in [2.75, 3.05) is 13.2 Å². The number of hydrazine groups is 1. The van der Waals surface area contributed by atoms with E-state index >= 15 is 0 Å². The van der Waals surface area contributed by atoms with E-state index in [9.17, 15) is 4.79 Å². The molecule has 1 heterocycles. The maximum atomic E-state index is 11.8. The largest absolute Gasteiger partial charge is 0.332 e. The third-order valence-corrected chi connectivity index (χ3v) is 2.09. The topological polar surface area (TPSA) is 64.8 Å². The number of carbonyl (C=O) groups excluding carboxylic acids is 1. The predicted octanol–water partition coefficient (Wildman–Crippen LogP) is 0.333. The second-order valence-electron chi connectivity index (χ2n) is 3.13. The van der Waals surface area contributed by atoms with Gasteiger partial charge in [0.25, 0.3) is 12.3 Å². The fraction of sp³-hybridized carbons (Fsp3) is 0.300. The first-order valence-corrected chi connectivity index (χ1v) is 4.65. The Morgan fingerprint density at radius 2 is 1.87 bits per heavy atom. The number of carbonyl (C=O) groups is 1. The van der Waals surface area contributed by atoms with Gasteiger partial charge in [0.15, 0.2) is 0 Å². The van der Waals surface area contributed by atoms with Crippen LogP contribution < -0.4 is 5.84 Å². The molecule has 1 fully saturated rings. The fourth-order valence-corrected chi connectivity index (χ4v) is 1.33. The molecular weight excluding hydrogens is 196 g/mol. The Kier molecular flexibility index (Phi) is 2.96. The van der Waals surface area contributed by atoms with Crippen LogP contribution in [-0.4, -0.2) is 30.5 Å². The van der Waals surface area contributed by atoms with Crippen LogP contribution in [0.1, 0.15) is 10.4 Å². The molecule has 0 aliphatic carbocycles. The number of amides is 1. The van der Waals surface area contributed by atoms with Crippen molar-refractivity contribution in [3.8, 4) is 0 Å². The van der Waals surface area contributed by atoms with Crippen LogP contribution in [0, 0.1) is 0 Å². The van der Waals surface area contributed by atoms with Gasteiger partial charge in [-0.1, -0.05) is 18.2 Å². The van der Waals surface area contributed by atoms with E-state index in [0.29, 0.717) is 18.8 Å². The first-order valence-electron chi connectivity index (χ1n) is 4.65. The van der Waals surface area contributed by atoms with Gasteiger partial charge in [-0.2, -0.15) is 0 Å². The van der Waals surface area contributed by atoms with Crippen molar-refractivity contribution in [1.29, 1.82) is 0 Å². The standard InChI is InChI=1S/C10H12N2O3/c11-12(10-14-6-7-15-10)9(13)8-4-2-1-3-5-8/h1-5,10H,6-7,11H2. The molecule has 1 saturated heterocycles. The Hall–Kier alpha value is -1.43. The van der Waals surface area contributed by atoms with Crippen molar-refractivity contribution in [3.05, 3.63) is 35.9 Å². The zero-order valence-electron chi connectivity index (χ0n) is 8.13. The smallest absolute Gasteiger partial charge is 0.272 e. The van der Waals surface area contributed by atoms with Crippen LogP contribution in [0.25, 0.3) is 0 Å². The van der Waals surface area contributed by atoms with Gasteiger partial charge in [0.05, 0.1) is 13.2 Å². The summed E-state index contributed by atoms with van der Waals surface area (Å²) in [6, 6.07) is 8.77. The molecular formula is C10H12N2O3. The second kappa shape index (κ2) is 4.39. The average Bonchev–Trinajstić information content (AvgIpc) is 2.82. The highest BCUT2D eigenvalue weighted by molar-refractivity contribution is 5.93. The zero-order valence-corrected chi connectivity index (χ0v) is 8.13. The van der Waals surface area contributed by atoms with Gasteiger partial charge in [-0.3, -0.25) is 4.79 Å². The molecule has 1 aromatic rings. The highest BCUT2D eigenvalue weighted by Gasteiger charge is 2.26. The van der Waals surface area contributed by atoms with Gasteiger partial charge in [-0.25, -0.2) is 10.9 Å². The molecule has 1 aliphatic rings. The highest BCUT2D eigenvalue weighted by Crippen LogP contribution is 2.10. The Labute approximate surface area is 87.3 Å². The van der Waals surface area contributed by atoms with Crippen LogP contribution in [0.15, 0.2) is 30.3 Å².